The first-order valence-corrected chi connectivity index (χ1v) is 10.8. The molecule has 6 nitrogen and oxygen atoms in total. The van der Waals surface area contributed by atoms with Crippen LogP contribution in [-0.2, 0) is 0 Å². The topological polar surface area (TPSA) is 72.8 Å². The second-order valence-electron chi connectivity index (χ2n) is 7.39. The summed E-state index contributed by atoms with van der Waals surface area (Å²) in [4.78, 5) is 17.8. The third-order valence-electron chi connectivity index (χ3n) is 5.08. The van der Waals surface area contributed by atoms with Crippen LogP contribution in [0.1, 0.15) is 29.3 Å². The lowest BCUT2D eigenvalue weighted by Gasteiger charge is -2.11. The van der Waals surface area contributed by atoms with E-state index < -0.39 is 0 Å². The van der Waals surface area contributed by atoms with Gasteiger partial charge in [-0.15, -0.1) is 0 Å². The van der Waals surface area contributed by atoms with Crippen LogP contribution in [0, 0.1) is 0 Å². The number of hydrazone groups is 1. The Balaban J connectivity index is 1.59. The minimum absolute atomic E-state index is 0.316. The molecule has 6 heteroatoms. The summed E-state index contributed by atoms with van der Waals surface area (Å²) in [6.45, 7) is 2.75. The molecule has 33 heavy (non-hydrogen) atoms. The van der Waals surface area contributed by atoms with Gasteiger partial charge in [0.1, 0.15) is 11.5 Å². The molecular weight excluding hydrogens is 414 g/mol. The molecule has 1 aromatic heterocycles. The van der Waals surface area contributed by atoms with E-state index >= 15 is 0 Å². The summed E-state index contributed by atoms with van der Waals surface area (Å²) >= 11 is 0. The maximum Gasteiger partial charge on any atom is 0.272 e. The van der Waals surface area contributed by atoms with Gasteiger partial charge in [0.25, 0.3) is 5.91 Å². The molecular formula is C27H25N3O3. The fourth-order valence-corrected chi connectivity index (χ4v) is 3.45. The molecule has 1 amide bonds. The molecule has 166 valence electrons. The van der Waals surface area contributed by atoms with Gasteiger partial charge in [-0.1, -0.05) is 37.3 Å². The van der Waals surface area contributed by atoms with Crippen molar-refractivity contribution >= 4 is 23.0 Å². The average Bonchev–Trinajstić information content (AvgIpc) is 2.87. The number of benzene rings is 3. The number of aromatic nitrogens is 1. The van der Waals surface area contributed by atoms with Gasteiger partial charge in [0, 0.05) is 10.9 Å². The third kappa shape index (κ3) is 5.18. The molecule has 4 rings (SSSR count). The lowest BCUT2D eigenvalue weighted by Crippen LogP contribution is -2.18. The molecule has 0 radical (unpaired) electrons. The van der Waals surface area contributed by atoms with Gasteiger partial charge < -0.3 is 9.47 Å². The van der Waals surface area contributed by atoms with Crippen LogP contribution in [0.25, 0.3) is 22.2 Å². The number of pyridine rings is 1. The number of hydrogen-bond donors (Lipinski definition) is 1. The molecule has 0 spiro atoms. The molecule has 0 saturated heterocycles. The number of amides is 1. The predicted molar refractivity (Wildman–Crippen MR) is 131 cm³/mol. The molecule has 4 aromatic rings. The summed E-state index contributed by atoms with van der Waals surface area (Å²) in [5.41, 5.74) is 6.17. The lowest BCUT2D eigenvalue weighted by atomic mass is 10.0. The monoisotopic (exact) mass is 439 g/mol. The molecule has 0 aliphatic carbocycles. The fourth-order valence-electron chi connectivity index (χ4n) is 3.45. The second kappa shape index (κ2) is 10.4. The number of methoxy groups -OCH3 is 1. The van der Waals surface area contributed by atoms with E-state index in [2.05, 4.69) is 17.5 Å². The Kier molecular flexibility index (Phi) is 6.95. The summed E-state index contributed by atoms with van der Waals surface area (Å²) in [6.07, 6.45) is 2.56. The highest BCUT2D eigenvalue weighted by Gasteiger charge is 2.15. The highest BCUT2D eigenvalue weighted by atomic mass is 16.5. The Morgan fingerprint density at radius 3 is 2.58 bits per heavy atom. The van der Waals surface area contributed by atoms with Crippen LogP contribution in [0.5, 0.6) is 11.5 Å². The minimum atomic E-state index is -0.316. The second-order valence-corrected chi connectivity index (χ2v) is 7.39. The minimum Gasteiger partial charge on any atom is -0.496 e. The Bertz CT molecular complexity index is 1280. The predicted octanol–water partition coefficient (Wildman–Crippen LogP) is 5.46. The number of carbonyl (C=O) groups excluding carboxylic acids is 1. The normalized spacial score (nSPS) is 11.0. The van der Waals surface area contributed by atoms with E-state index in [-0.39, 0.29) is 5.91 Å². The Morgan fingerprint density at radius 1 is 1.03 bits per heavy atom. The number of fused-ring (bicyclic) bond motifs is 1. The van der Waals surface area contributed by atoms with Gasteiger partial charge in [-0.3, -0.25) is 4.79 Å². The van der Waals surface area contributed by atoms with Gasteiger partial charge in [0.2, 0.25) is 0 Å². The molecule has 0 saturated carbocycles. The zero-order valence-electron chi connectivity index (χ0n) is 18.6. The van der Waals surface area contributed by atoms with Crippen LogP contribution in [0.3, 0.4) is 0 Å². The number of para-hydroxylation sites is 2. The van der Waals surface area contributed by atoms with Gasteiger partial charge >= 0.3 is 0 Å². The van der Waals surface area contributed by atoms with Crippen LogP contribution in [0.15, 0.2) is 84.0 Å². The summed E-state index contributed by atoms with van der Waals surface area (Å²) in [5.74, 6) is 1.19. The molecule has 1 N–H and O–H groups in total. The largest absolute Gasteiger partial charge is 0.496 e. The summed E-state index contributed by atoms with van der Waals surface area (Å²) in [5, 5.41) is 4.89. The smallest absolute Gasteiger partial charge is 0.272 e. The van der Waals surface area contributed by atoms with E-state index in [1.165, 1.54) is 0 Å². The number of nitrogens with one attached hydrogen (secondary N) is 1. The van der Waals surface area contributed by atoms with Crippen molar-refractivity contribution in [2.24, 2.45) is 5.10 Å². The van der Waals surface area contributed by atoms with Gasteiger partial charge in [-0.25, -0.2) is 10.4 Å². The van der Waals surface area contributed by atoms with Crippen molar-refractivity contribution in [3.8, 4) is 22.8 Å². The van der Waals surface area contributed by atoms with Crippen molar-refractivity contribution in [1.29, 1.82) is 0 Å². The molecule has 0 aliphatic heterocycles. The van der Waals surface area contributed by atoms with Crippen LogP contribution in [0.4, 0.5) is 0 Å². The first kappa shape index (κ1) is 22.0. The SMILES string of the molecule is CCCOc1ccc(/C=N\NC(=O)c2cc(-c3ccccc3OC)nc3ccccc23)cc1. The van der Waals surface area contributed by atoms with Gasteiger partial charge in [-0.2, -0.15) is 5.10 Å². The van der Waals surface area contributed by atoms with Crippen LogP contribution in [0.2, 0.25) is 0 Å². The van der Waals surface area contributed by atoms with Gasteiger partial charge in [-0.05, 0) is 60.5 Å². The highest BCUT2D eigenvalue weighted by Crippen LogP contribution is 2.31. The molecule has 0 aliphatic rings. The molecule has 0 unspecified atom stereocenters. The van der Waals surface area contributed by atoms with Crippen LogP contribution >= 0.6 is 0 Å². The zero-order chi connectivity index (χ0) is 23.0. The van der Waals surface area contributed by atoms with Crippen molar-refractivity contribution in [1.82, 2.24) is 10.4 Å². The van der Waals surface area contributed by atoms with E-state index in [0.29, 0.717) is 23.6 Å². The average molecular weight is 440 g/mol. The maximum atomic E-state index is 13.1. The number of carbonyl (C=O) groups is 1. The highest BCUT2D eigenvalue weighted by molar-refractivity contribution is 6.07. The van der Waals surface area contributed by atoms with Crippen molar-refractivity contribution in [2.45, 2.75) is 13.3 Å². The standard InChI is InChI=1S/C27H25N3O3/c1-3-16-33-20-14-12-19(13-15-20)18-28-30-27(31)23-17-25(22-9-5-7-11-26(22)32-2)29-24-10-6-4-8-21(23)24/h4-15,17-18H,3,16H2,1-2H3,(H,30,31)/b28-18-. The molecule has 0 fully saturated rings. The zero-order valence-corrected chi connectivity index (χ0v) is 18.6. The Hall–Kier alpha value is -4.19. The van der Waals surface area contributed by atoms with Crippen LogP contribution < -0.4 is 14.9 Å². The molecule has 0 atom stereocenters. The van der Waals surface area contributed by atoms with Crippen molar-refractivity contribution < 1.29 is 14.3 Å². The summed E-state index contributed by atoms with van der Waals surface area (Å²) in [7, 11) is 1.62. The first-order valence-electron chi connectivity index (χ1n) is 10.8. The maximum absolute atomic E-state index is 13.1. The number of nitrogens with zero attached hydrogens (tertiary/aromatic N) is 2. The summed E-state index contributed by atoms with van der Waals surface area (Å²) in [6, 6.07) is 24.5. The third-order valence-corrected chi connectivity index (χ3v) is 5.08. The van der Waals surface area contributed by atoms with Crippen molar-refractivity contribution in [3.63, 3.8) is 0 Å². The van der Waals surface area contributed by atoms with Crippen molar-refractivity contribution in [2.75, 3.05) is 13.7 Å². The molecule has 1 heterocycles. The van der Waals surface area contributed by atoms with Crippen molar-refractivity contribution in [3.05, 3.63) is 90.0 Å². The Labute approximate surface area is 192 Å². The van der Waals surface area contributed by atoms with E-state index in [1.807, 2.05) is 72.8 Å². The number of ether oxygens (including phenoxy) is 2. The Morgan fingerprint density at radius 2 is 1.79 bits per heavy atom. The van der Waals surface area contributed by atoms with Crippen LogP contribution in [-0.4, -0.2) is 30.8 Å². The van der Waals surface area contributed by atoms with E-state index in [4.69, 9.17) is 14.5 Å². The van der Waals surface area contributed by atoms with E-state index in [0.717, 1.165) is 34.2 Å². The lowest BCUT2D eigenvalue weighted by molar-refractivity contribution is 0.0956. The quantitative estimate of drug-likeness (QED) is 0.292. The molecule has 3 aromatic carbocycles. The van der Waals surface area contributed by atoms with E-state index in [1.54, 1.807) is 19.4 Å². The molecule has 0 bridgehead atoms. The number of hydrogen-bond acceptors (Lipinski definition) is 5. The fraction of sp³-hybridized carbons (Fsp3) is 0.148. The van der Waals surface area contributed by atoms with Gasteiger partial charge in [0.05, 0.1) is 36.7 Å². The number of rotatable bonds is 8. The van der Waals surface area contributed by atoms with Gasteiger partial charge in [0.15, 0.2) is 0 Å². The summed E-state index contributed by atoms with van der Waals surface area (Å²) < 4.78 is 11.1. The first-order chi connectivity index (χ1) is 16.2. The van der Waals surface area contributed by atoms with E-state index in [9.17, 15) is 4.79 Å².